The van der Waals surface area contributed by atoms with Crippen molar-refractivity contribution in [3.05, 3.63) is 64.7 Å². The molecule has 30 heavy (non-hydrogen) atoms. The Bertz CT molecular complexity index is 946. The molecule has 0 unspecified atom stereocenters. The summed E-state index contributed by atoms with van der Waals surface area (Å²) in [6.07, 6.45) is 0.389. The van der Waals surface area contributed by atoms with Crippen molar-refractivity contribution < 1.29 is 19.1 Å². The zero-order chi connectivity index (χ0) is 21.7. The summed E-state index contributed by atoms with van der Waals surface area (Å²) in [5.41, 5.74) is 3.45. The lowest BCUT2D eigenvalue weighted by Crippen LogP contribution is -2.50. The van der Waals surface area contributed by atoms with Crippen LogP contribution in [0.15, 0.2) is 42.5 Å². The largest absolute Gasteiger partial charge is 0.497 e. The second-order valence-electron chi connectivity index (χ2n) is 7.63. The lowest BCUT2D eigenvalue weighted by Gasteiger charge is -2.35. The normalized spacial score (nSPS) is 13.8. The Morgan fingerprint density at radius 1 is 0.833 bits per heavy atom. The number of carbonyl (C=O) groups excluding carboxylic acids is 3. The first kappa shape index (κ1) is 21.6. The van der Waals surface area contributed by atoms with Gasteiger partial charge in [0, 0.05) is 50.1 Å². The Labute approximate surface area is 177 Å². The lowest BCUT2D eigenvalue weighted by atomic mass is 10.0. The first-order chi connectivity index (χ1) is 14.4. The topological polar surface area (TPSA) is 66.9 Å². The predicted molar refractivity (Wildman–Crippen MR) is 115 cm³/mol. The van der Waals surface area contributed by atoms with Crippen LogP contribution in [0.2, 0.25) is 0 Å². The van der Waals surface area contributed by atoms with Gasteiger partial charge in [-0.1, -0.05) is 18.2 Å². The number of piperazine rings is 1. The molecule has 0 radical (unpaired) electrons. The van der Waals surface area contributed by atoms with Crippen molar-refractivity contribution >= 4 is 17.6 Å². The summed E-state index contributed by atoms with van der Waals surface area (Å²) in [5, 5.41) is 0. The molecule has 1 aliphatic rings. The van der Waals surface area contributed by atoms with E-state index in [9.17, 15) is 14.4 Å². The molecule has 0 N–H and O–H groups in total. The van der Waals surface area contributed by atoms with Crippen molar-refractivity contribution in [3.8, 4) is 5.75 Å². The van der Waals surface area contributed by atoms with Gasteiger partial charge in [0.15, 0.2) is 5.78 Å². The van der Waals surface area contributed by atoms with Crippen LogP contribution < -0.4 is 4.74 Å². The van der Waals surface area contributed by atoms with Gasteiger partial charge >= 0.3 is 0 Å². The second kappa shape index (κ2) is 9.57. The van der Waals surface area contributed by atoms with Gasteiger partial charge in [-0.25, -0.2) is 0 Å². The highest BCUT2D eigenvalue weighted by molar-refractivity contribution is 5.98. The molecule has 0 aromatic heterocycles. The number of ether oxygens (including phenoxy) is 1. The van der Waals surface area contributed by atoms with Gasteiger partial charge in [0.2, 0.25) is 5.91 Å². The number of aryl methyl sites for hydroxylation is 2. The Kier molecular flexibility index (Phi) is 6.87. The number of amides is 2. The number of carbonyl (C=O) groups is 3. The molecule has 1 saturated heterocycles. The first-order valence-corrected chi connectivity index (χ1v) is 10.2. The molecule has 1 fully saturated rings. The summed E-state index contributed by atoms with van der Waals surface area (Å²) in [4.78, 5) is 41.1. The monoisotopic (exact) mass is 408 g/mol. The molecular weight excluding hydrogens is 380 g/mol. The Morgan fingerprint density at radius 3 is 2.20 bits per heavy atom. The average molecular weight is 408 g/mol. The molecule has 158 valence electrons. The van der Waals surface area contributed by atoms with Crippen molar-refractivity contribution in [3.63, 3.8) is 0 Å². The molecular formula is C24H28N2O4. The van der Waals surface area contributed by atoms with E-state index in [0.717, 1.165) is 11.1 Å². The van der Waals surface area contributed by atoms with Crippen LogP contribution in [0.25, 0.3) is 0 Å². The van der Waals surface area contributed by atoms with E-state index < -0.39 is 0 Å². The minimum atomic E-state index is -0.0640. The van der Waals surface area contributed by atoms with E-state index >= 15 is 0 Å². The predicted octanol–water partition coefficient (Wildman–Crippen LogP) is 3.26. The molecule has 2 aromatic carbocycles. The van der Waals surface area contributed by atoms with Gasteiger partial charge in [0.1, 0.15) is 5.75 Å². The van der Waals surface area contributed by atoms with Crippen LogP contribution in [0.4, 0.5) is 0 Å². The summed E-state index contributed by atoms with van der Waals surface area (Å²) in [7, 11) is 1.57. The summed E-state index contributed by atoms with van der Waals surface area (Å²) in [6, 6.07) is 12.7. The second-order valence-corrected chi connectivity index (χ2v) is 7.63. The number of methoxy groups -OCH3 is 1. The van der Waals surface area contributed by atoms with E-state index in [1.807, 2.05) is 32.0 Å². The maximum atomic E-state index is 12.7. The van der Waals surface area contributed by atoms with E-state index in [1.165, 1.54) is 0 Å². The Hall–Kier alpha value is -3.15. The minimum absolute atomic E-state index is 0.0155. The quantitative estimate of drug-likeness (QED) is 0.688. The maximum absolute atomic E-state index is 12.7. The number of nitrogens with zero attached hydrogens (tertiary/aromatic N) is 2. The maximum Gasteiger partial charge on any atom is 0.254 e. The number of rotatable bonds is 6. The van der Waals surface area contributed by atoms with Crippen molar-refractivity contribution in [2.24, 2.45) is 0 Å². The molecule has 6 heteroatoms. The molecule has 0 bridgehead atoms. The lowest BCUT2D eigenvalue weighted by molar-refractivity contribution is -0.132. The highest BCUT2D eigenvalue weighted by Crippen LogP contribution is 2.17. The third kappa shape index (κ3) is 5.06. The van der Waals surface area contributed by atoms with Gasteiger partial charge in [-0.3, -0.25) is 14.4 Å². The summed E-state index contributed by atoms with van der Waals surface area (Å²) < 4.78 is 5.18. The van der Waals surface area contributed by atoms with Crippen LogP contribution in [0.1, 0.15) is 44.7 Å². The van der Waals surface area contributed by atoms with Crippen LogP contribution in [0, 0.1) is 13.8 Å². The van der Waals surface area contributed by atoms with E-state index in [0.29, 0.717) is 43.1 Å². The summed E-state index contributed by atoms with van der Waals surface area (Å²) in [6.45, 7) is 5.90. The van der Waals surface area contributed by atoms with Crippen LogP contribution in [0.3, 0.4) is 0 Å². The van der Waals surface area contributed by atoms with Gasteiger partial charge in [0.05, 0.1) is 7.11 Å². The van der Waals surface area contributed by atoms with Crippen molar-refractivity contribution in [1.82, 2.24) is 9.80 Å². The number of benzene rings is 2. The van der Waals surface area contributed by atoms with E-state index in [2.05, 4.69) is 0 Å². The standard InChI is InChI=1S/C24H28N2O4/c1-17-7-8-19(15-18(17)2)22(27)9-10-23(28)25-11-13-26(14-12-25)24(29)20-5-4-6-21(16-20)30-3/h4-8,15-16H,9-14H2,1-3H3. The highest BCUT2D eigenvalue weighted by atomic mass is 16.5. The molecule has 1 aliphatic heterocycles. The fourth-order valence-electron chi connectivity index (χ4n) is 3.54. The Morgan fingerprint density at radius 2 is 1.53 bits per heavy atom. The van der Waals surface area contributed by atoms with E-state index in [1.54, 1.807) is 41.2 Å². The summed E-state index contributed by atoms with van der Waals surface area (Å²) >= 11 is 0. The first-order valence-electron chi connectivity index (χ1n) is 10.2. The van der Waals surface area contributed by atoms with Crippen molar-refractivity contribution in [2.75, 3.05) is 33.3 Å². The molecule has 6 nitrogen and oxygen atoms in total. The Balaban J connectivity index is 1.49. The fraction of sp³-hybridized carbons (Fsp3) is 0.375. The number of hydrogen-bond donors (Lipinski definition) is 0. The molecule has 3 rings (SSSR count). The van der Waals surface area contributed by atoms with Gasteiger partial charge in [-0.15, -0.1) is 0 Å². The number of hydrogen-bond acceptors (Lipinski definition) is 4. The fourth-order valence-corrected chi connectivity index (χ4v) is 3.54. The highest BCUT2D eigenvalue weighted by Gasteiger charge is 2.25. The number of ketones is 1. The van der Waals surface area contributed by atoms with Crippen molar-refractivity contribution in [1.29, 1.82) is 0 Å². The van der Waals surface area contributed by atoms with Crippen LogP contribution in [-0.4, -0.2) is 60.7 Å². The van der Waals surface area contributed by atoms with Gasteiger partial charge in [0.25, 0.3) is 5.91 Å². The molecule has 0 aliphatic carbocycles. The van der Waals surface area contributed by atoms with Gasteiger partial charge < -0.3 is 14.5 Å². The average Bonchev–Trinajstić information content (AvgIpc) is 2.78. The molecule has 0 saturated carbocycles. The molecule has 0 spiro atoms. The third-order valence-electron chi connectivity index (χ3n) is 5.63. The molecule has 2 aromatic rings. The van der Waals surface area contributed by atoms with Crippen LogP contribution in [-0.2, 0) is 4.79 Å². The zero-order valence-corrected chi connectivity index (χ0v) is 17.8. The SMILES string of the molecule is COc1cccc(C(=O)N2CCN(C(=O)CCC(=O)c3ccc(C)c(C)c3)CC2)c1. The molecule has 2 amide bonds. The molecule has 0 atom stereocenters. The van der Waals surface area contributed by atoms with Gasteiger partial charge in [-0.05, 0) is 49.2 Å². The minimum Gasteiger partial charge on any atom is -0.497 e. The number of Topliss-reactive ketones (excluding diaryl/α,β-unsaturated/α-hetero) is 1. The van der Waals surface area contributed by atoms with Crippen LogP contribution >= 0.6 is 0 Å². The smallest absolute Gasteiger partial charge is 0.254 e. The van der Waals surface area contributed by atoms with E-state index in [4.69, 9.17) is 4.74 Å². The van der Waals surface area contributed by atoms with Crippen LogP contribution in [0.5, 0.6) is 5.75 Å². The molecule has 1 heterocycles. The zero-order valence-electron chi connectivity index (χ0n) is 17.8. The summed E-state index contributed by atoms with van der Waals surface area (Å²) in [5.74, 6) is 0.521. The van der Waals surface area contributed by atoms with E-state index in [-0.39, 0.29) is 30.4 Å². The van der Waals surface area contributed by atoms with Gasteiger partial charge in [-0.2, -0.15) is 0 Å². The van der Waals surface area contributed by atoms with Crippen molar-refractivity contribution in [2.45, 2.75) is 26.7 Å². The third-order valence-corrected chi connectivity index (χ3v) is 5.63.